The standard InChI is InChI=1S/C48H58N8O7S/c1-32(2)39-6-3-4-7-40(39)42-8-5-21-55(42)35-11-16-48(17-12-35)18-22-54(23-19-48)36-9-10-41(44(27-36)63-37-26-34-13-20-49-45(34)51-30-37)47(57)53-64(60,61)38-28-43(56(58)59)46(52-31-38)50-29-33-14-24-62-25-15-33/h3-4,6-7,9-10,13,20,26-28,30-33,35,42H,5,8,11-12,14-19,21-25,29H2,1-2H3,(H,49,51)(H,50,52)(H,53,57)/t42-/m0/s1. The van der Waals surface area contributed by atoms with Crippen LogP contribution < -0.4 is 19.7 Å². The van der Waals surface area contributed by atoms with Gasteiger partial charge in [-0.15, -0.1) is 0 Å². The fourth-order valence-electron chi connectivity index (χ4n) is 10.6. The molecule has 1 aliphatic carbocycles. The van der Waals surface area contributed by atoms with Gasteiger partial charge in [-0.2, -0.15) is 0 Å². The Kier molecular flexibility index (Phi) is 12.6. The highest BCUT2D eigenvalue weighted by Crippen LogP contribution is 2.49. The maximum Gasteiger partial charge on any atom is 0.312 e. The quantitative estimate of drug-likeness (QED) is 0.0754. The molecule has 3 saturated heterocycles. The van der Waals surface area contributed by atoms with Gasteiger partial charge >= 0.3 is 5.69 Å². The van der Waals surface area contributed by atoms with Crippen molar-refractivity contribution in [2.75, 3.05) is 49.6 Å². The topological polar surface area (TPSA) is 185 Å². The zero-order valence-electron chi connectivity index (χ0n) is 36.6. The van der Waals surface area contributed by atoms with Crippen LogP contribution in [-0.4, -0.2) is 84.5 Å². The Morgan fingerprint density at radius 3 is 2.52 bits per heavy atom. The average molecular weight is 891 g/mol. The molecule has 3 aromatic heterocycles. The van der Waals surface area contributed by atoms with Crippen molar-refractivity contribution >= 4 is 44.2 Å². The third kappa shape index (κ3) is 9.31. The summed E-state index contributed by atoms with van der Waals surface area (Å²) in [6, 6.07) is 19.9. The molecular formula is C48H58N8O7S. The number of pyridine rings is 2. The molecule has 2 aromatic carbocycles. The van der Waals surface area contributed by atoms with Crippen molar-refractivity contribution in [1.82, 2.24) is 24.6 Å². The highest BCUT2D eigenvalue weighted by molar-refractivity contribution is 7.90. The number of carbonyl (C=O) groups excluding carboxylic acids is 1. The van der Waals surface area contributed by atoms with Gasteiger partial charge in [-0.3, -0.25) is 19.8 Å². The lowest BCUT2D eigenvalue weighted by Crippen LogP contribution is -2.45. The molecule has 1 atom stereocenters. The van der Waals surface area contributed by atoms with Gasteiger partial charge in [-0.05, 0) is 123 Å². The number of sulfonamides is 1. The van der Waals surface area contributed by atoms with Crippen molar-refractivity contribution in [3.63, 3.8) is 0 Å². The van der Waals surface area contributed by atoms with Crippen LogP contribution in [0.5, 0.6) is 11.5 Å². The Bertz CT molecular complexity index is 2590. The second-order valence-corrected chi connectivity index (χ2v) is 20.1. The lowest BCUT2D eigenvalue weighted by molar-refractivity contribution is -0.384. The second kappa shape index (κ2) is 18.5. The van der Waals surface area contributed by atoms with Crippen LogP contribution in [0.4, 0.5) is 17.2 Å². The first kappa shape index (κ1) is 43.7. The van der Waals surface area contributed by atoms with E-state index < -0.39 is 31.4 Å². The smallest absolute Gasteiger partial charge is 0.312 e. The van der Waals surface area contributed by atoms with Crippen molar-refractivity contribution < 1.29 is 27.6 Å². The van der Waals surface area contributed by atoms with E-state index in [9.17, 15) is 23.3 Å². The van der Waals surface area contributed by atoms with E-state index in [1.807, 2.05) is 12.1 Å². The van der Waals surface area contributed by atoms with Crippen LogP contribution in [-0.2, 0) is 14.8 Å². The second-order valence-electron chi connectivity index (χ2n) is 18.4. The molecule has 9 rings (SSSR count). The molecule has 1 amide bonds. The van der Waals surface area contributed by atoms with Crippen molar-refractivity contribution in [2.24, 2.45) is 11.3 Å². The number of nitrogens with one attached hydrogen (secondary N) is 3. The molecule has 4 fully saturated rings. The molecule has 6 heterocycles. The van der Waals surface area contributed by atoms with E-state index in [2.05, 4.69) is 72.9 Å². The summed E-state index contributed by atoms with van der Waals surface area (Å²) in [7, 11) is -4.60. The Balaban J connectivity index is 0.894. The number of fused-ring (bicyclic) bond motifs is 1. The number of rotatable bonds is 13. The zero-order valence-corrected chi connectivity index (χ0v) is 37.4. The van der Waals surface area contributed by atoms with Crippen LogP contribution in [0.15, 0.2) is 84.1 Å². The number of hydrogen-bond acceptors (Lipinski definition) is 12. The van der Waals surface area contributed by atoms with E-state index in [1.165, 1.54) is 56.2 Å². The Labute approximate surface area is 374 Å². The summed E-state index contributed by atoms with van der Waals surface area (Å²) in [5.74, 6) is 0.267. The van der Waals surface area contributed by atoms with E-state index in [0.717, 1.165) is 62.1 Å². The number of hydrogen-bond donors (Lipinski definition) is 3. The number of anilines is 2. The van der Waals surface area contributed by atoms with Gasteiger partial charge in [0.15, 0.2) is 0 Å². The number of amides is 1. The molecule has 338 valence electrons. The molecular weight excluding hydrogens is 833 g/mol. The van der Waals surface area contributed by atoms with Gasteiger partial charge in [-0.25, -0.2) is 23.1 Å². The normalized spacial score (nSPS) is 19.9. The van der Waals surface area contributed by atoms with Gasteiger partial charge in [0.25, 0.3) is 15.9 Å². The number of H-pyrrole nitrogens is 1. The molecule has 4 aliphatic rings. The predicted molar refractivity (Wildman–Crippen MR) is 246 cm³/mol. The number of piperidine rings is 1. The molecule has 1 spiro atoms. The van der Waals surface area contributed by atoms with Crippen molar-refractivity contribution in [1.29, 1.82) is 0 Å². The summed E-state index contributed by atoms with van der Waals surface area (Å²) in [6.07, 6.45) is 15.4. The van der Waals surface area contributed by atoms with Crippen LogP contribution in [0.3, 0.4) is 0 Å². The predicted octanol–water partition coefficient (Wildman–Crippen LogP) is 9.11. The molecule has 0 unspecified atom stereocenters. The molecule has 0 bridgehead atoms. The van der Waals surface area contributed by atoms with Gasteiger partial charge < -0.3 is 24.7 Å². The van der Waals surface area contributed by atoms with E-state index in [1.54, 1.807) is 30.6 Å². The summed E-state index contributed by atoms with van der Waals surface area (Å²) in [5.41, 5.74) is 4.29. The lowest BCUT2D eigenvalue weighted by atomic mass is 9.66. The van der Waals surface area contributed by atoms with E-state index >= 15 is 0 Å². The van der Waals surface area contributed by atoms with Crippen LogP contribution in [0.25, 0.3) is 11.0 Å². The monoisotopic (exact) mass is 890 g/mol. The van der Waals surface area contributed by atoms with Crippen molar-refractivity contribution in [3.8, 4) is 11.5 Å². The summed E-state index contributed by atoms with van der Waals surface area (Å²) >= 11 is 0. The van der Waals surface area contributed by atoms with Gasteiger partial charge in [-0.1, -0.05) is 38.1 Å². The number of benzene rings is 2. The first-order valence-electron chi connectivity index (χ1n) is 22.8. The van der Waals surface area contributed by atoms with Crippen molar-refractivity contribution in [2.45, 2.75) is 101 Å². The molecule has 16 heteroatoms. The third-order valence-corrected chi connectivity index (χ3v) is 15.5. The van der Waals surface area contributed by atoms with Crippen molar-refractivity contribution in [3.05, 3.63) is 106 Å². The number of nitrogens with zero attached hydrogens (tertiary/aromatic N) is 5. The van der Waals surface area contributed by atoms with E-state index in [4.69, 9.17) is 9.47 Å². The van der Waals surface area contributed by atoms with Gasteiger partial charge in [0.1, 0.15) is 22.0 Å². The molecule has 3 aliphatic heterocycles. The molecule has 1 saturated carbocycles. The highest BCUT2D eigenvalue weighted by Gasteiger charge is 2.42. The molecule has 3 N–H and O–H groups in total. The lowest BCUT2D eigenvalue weighted by Gasteiger charge is -2.48. The highest BCUT2D eigenvalue weighted by atomic mass is 32.2. The van der Waals surface area contributed by atoms with Crippen LogP contribution in [0.1, 0.15) is 112 Å². The maximum atomic E-state index is 14.0. The van der Waals surface area contributed by atoms with Gasteiger partial charge in [0.2, 0.25) is 5.82 Å². The minimum atomic E-state index is -4.60. The first-order valence-corrected chi connectivity index (χ1v) is 24.3. The van der Waals surface area contributed by atoms with Gasteiger partial charge in [0, 0.05) is 74.3 Å². The summed E-state index contributed by atoms with van der Waals surface area (Å²) in [5, 5.41) is 15.9. The number of aromatic nitrogens is 3. The number of ether oxygens (including phenoxy) is 2. The first-order chi connectivity index (χ1) is 30.9. The Morgan fingerprint density at radius 1 is 0.969 bits per heavy atom. The summed E-state index contributed by atoms with van der Waals surface area (Å²) in [6.45, 7) is 9.12. The van der Waals surface area contributed by atoms with Crippen LogP contribution in [0, 0.1) is 21.4 Å². The third-order valence-electron chi connectivity index (χ3n) is 14.2. The number of aromatic amines is 1. The zero-order chi connectivity index (χ0) is 44.4. The van der Waals surface area contributed by atoms with Gasteiger partial charge in [0.05, 0.1) is 22.9 Å². The fourth-order valence-corrected chi connectivity index (χ4v) is 11.5. The SMILES string of the molecule is CC(C)c1ccccc1[C@@H]1CCCN1C1CCC2(CC1)CCN(c1ccc(C(=O)NS(=O)(=O)c3cnc(NCC4CCOCC4)c([N+](=O)[O-])c3)c(Oc3cnc4[nH]ccc4c3)c1)CC2. The van der Waals surface area contributed by atoms with Crippen LogP contribution in [0.2, 0.25) is 0 Å². The van der Waals surface area contributed by atoms with E-state index in [0.29, 0.717) is 54.6 Å². The molecule has 15 nitrogen and oxygen atoms in total. The minimum absolute atomic E-state index is 0.0262. The van der Waals surface area contributed by atoms with Crippen LogP contribution >= 0.6 is 0 Å². The number of likely N-dealkylation sites (tertiary alicyclic amines) is 1. The average Bonchev–Trinajstić information content (AvgIpc) is 3.99. The Morgan fingerprint density at radius 2 is 1.75 bits per heavy atom. The fraction of sp³-hybridized carbons (Fsp3) is 0.479. The largest absolute Gasteiger partial charge is 0.455 e. The number of carbonyl (C=O) groups is 1. The molecule has 64 heavy (non-hydrogen) atoms. The molecule has 5 aromatic rings. The maximum absolute atomic E-state index is 14.0. The van der Waals surface area contributed by atoms with E-state index in [-0.39, 0.29) is 23.0 Å². The summed E-state index contributed by atoms with van der Waals surface area (Å²) in [4.78, 5) is 41.6. The Hall–Kier alpha value is -5.58. The summed E-state index contributed by atoms with van der Waals surface area (Å²) < 4.78 is 41.2. The molecule has 0 radical (unpaired) electrons. The minimum Gasteiger partial charge on any atom is -0.455 e. The number of nitro groups is 1.